The zero-order valence-corrected chi connectivity index (χ0v) is 9.95. The first kappa shape index (κ1) is 11.7. The number of carboxylic acids is 1. The Bertz CT molecular complexity index is 497. The second-order valence-electron chi connectivity index (χ2n) is 3.89. The van der Waals surface area contributed by atoms with Crippen LogP contribution in [0.15, 0.2) is 0 Å². The lowest BCUT2D eigenvalue weighted by Gasteiger charge is -2.31. The molecule has 0 aliphatic carbocycles. The number of thiophene rings is 1. The van der Waals surface area contributed by atoms with E-state index >= 15 is 0 Å². The van der Waals surface area contributed by atoms with E-state index < -0.39 is 12.1 Å². The fourth-order valence-corrected chi connectivity index (χ4v) is 3.33. The van der Waals surface area contributed by atoms with Crippen LogP contribution in [0.1, 0.15) is 33.8 Å². The first-order chi connectivity index (χ1) is 7.93. The Morgan fingerprint density at radius 2 is 2.12 bits per heavy atom. The van der Waals surface area contributed by atoms with E-state index in [1.54, 1.807) is 6.92 Å². The highest BCUT2D eigenvalue weighted by Gasteiger charge is 2.33. The van der Waals surface area contributed by atoms with Crippen LogP contribution in [0.5, 0.6) is 0 Å². The predicted octanol–water partition coefficient (Wildman–Crippen LogP) is 1.63. The van der Waals surface area contributed by atoms with Crippen LogP contribution in [0.3, 0.4) is 0 Å². The van der Waals surface area contributed by atoms with Crippen molar-refractivity contribution in [3.8, 4) is 0 Å². The van der Waals surface area contributed by atoms with E-state index in [1.165, 1.54) is 16.2 Å². The van der Waals surface area contributed by atoms with Crippen LogP contribution in [0.2, 0.25) is 0 Å². The van der Waals surface area contributed by atoms with Crippen LogP contribution < -0.4 is 5.73 Å². The number of hydrogen-bond acceptors (Lipinski definition) is 4. The van der Waals surface area contributed by atoms with Gasteiger partial charge < -0.3 is 20.8 Å². The molecule has 0 bridgehead atoms. The Balaban J connectivity index is 2.49. The van der Waals surface area contributed by atoms with Gasteiger partial charge in [0.2, 0.25) is 0 Å². The van der Waals surface area contributed by atoms with Gasteiger partial charge in [0.05, 0.1) is 11.6 Å². The molecule has 1 atom stereocenters. The Morgan fingerprint density at radius 3 is 2.65 bits per heavy atom. The molecular weight excluding hydrogens is 244 g/mol. The van der Waals surface area contributed by atoms with Crippen molar-refractivity contribution < 1.29 is 19.8 Å². The van der Waals surface area contributed by atoms with Gasteiger partial charge in [0.15, 0.2) is 0 Å². The van der Waals surface area contributed by atoms with Crippen LogP contribution in [0, 0.1) is 0 Å². The highest BCUT2D eigenvalue weighted by molar-refractivity contribution is 7.16. The average Bonchev–Trinajstić information content (AvgIpc) is 2.55. The molecule has 4 N–H and O–H groups in total. The molecule has 6 nitrogen and oxygen atoms in total. The molecule has 0 spiro atoms. The molecule has 92 valence electrons. The fourth-order valence-electron chi connectivity index (χ4n) is 2.15. The molecule has 1 aliphatic rings. The van der Waals surface area contributed by atoms with E-state index in [0.29, 0.717) is 18.5 Å². The quantitative estimate of drug-likeness (QED) is 0.708. The van der Waals surface area contributed by atoms with Gasteiger partial charge in [-0.3, -0.25) is 0 Å². The first-order valence-corrected chi connectivity index (χ1v) is 5.89. The third-order valence-corrected chi connectivity index (χ3v) is 4.21. The number of nitrogen functional groups attached to an aromatic ring is 1. The molecule has 0 radical (unpaired) electrons. The average molecular weight is 256 g/mol. The Morgan fingerprint density at radius 1 is 1.47 bits per heavy atom. The van der Waals surface area contributed by atoms with E-state index in [1.807, 2.05) is 0 Å². The van der Waals surface area contributed by atoms with Crippen molar-refractivity contribution in [2.75, 3.05) is 12.3 Å². The standard InChI is InChI=1S/C10H12N2O4S/c1-4-7-5(2-3-12(4)10(15)16)6(9(13)14)8(11)17-7/h4H,2-3,11H2,1H3,(H,13,14)(H,15,16). The minimum Gasteiger partial charge on any atom is -0.478 e. The van der Waals surface area contributed by atoms with Crippen LogP contribution in [0.4, 0.5) is 9.80 Å². The summed E-state index contributed by atoms with van der Waals surface area (Å²) < 4.78 is 0. The number of fused-ring (bicyclic) bond motifs is 1. The molecule has 7 heteroatoms. The number of nitrogens with zero attached hydrogens (tertiary/aromatic N) is 1. The third-order valence-electron chi connectivity index (χ3n) is 2.97. The van der Waals surface area contributed by atoms with Gasteiger partial charge >= 0.3 is 12.1 Å². The molecule has 2 rings (SSSR count). The number of hydrogen-bond donors (Lipinski definition) is 3. The van der Waals surface area contributed by atoms with E-state index in [9.17, 15) is 9.59 Å². The Kier molecular flexibility index (Phi) is 2.70. The maximum atomic E-state index is 11.1. The lowest BCUT2D eigenvalue weighted by molar-refractivity contribution is 0.0696. The number of aromatic carboxylic acids is 1. The smallest absolute Gasteiger partial charge is 0.407 e. The fraction of sp³-hybridized carbons (Fsp3) is 0.400. The summed E-state index contributed by atoms with van der Waals surface area (Å²) in [6.45, 7) is 2.05. The van der Waals surface area contributed by atoms with Crippen molar-refractivity contribution in [2.24, 2.45) is 0 Å². The van der Waals surface area contributed by atoms with Gasteiger partial charge in [-0.25, -0.2) is 9.59 Å². The monoisotopic (exact) mass is 256 g/mol. The topological polar surface area (TPSA) is 104 Å². The van der Waals surface area contributed by atoms with Gasteiger partial charge in [0.1, 0.15) is 5.00 Å². The molecule has 0 saturated heterocycles. The van der Waals surface area contributed by atoms with Gasteiger partial charge in [-0.2, -0.15) is 0 Å². The number of carbonyl (C=O) groups is 2. The van der Waals surface area contributed by atoms with Crippen molar-refractivity contribution in [2.45, 2.75) is 19.4 Å². The number of anilines is 1. The molecule has 0 aromatic carbocycles. The molecular formula is C10H12N2O4S. The second-order valence-corrected chi connectivity index (χ2v) is 4.97. The van der Waals surface area contributed by atoms with Gasteiger partial charge in [-0.1, -0.05) is 0 Å². The number of rotatable bonds is 1. The summed E-state index contributed by atoms with van der Waals surface area (Å²) in [5, 5.41) is 18.3. The maximum absolute atomic E-state index is 11.1. The zero-order valence-electron chi connectivity index (χ0n) is 9.14. The number of amides is 1. The summed E-state index contributed by atoms with van der Waals surface area (Å²) in [5.41, 5.74) is 6.50. The Hall–Kier alpha value is -1.76. The molecule has 1 amide bonds. The molecule has 1 aromatic rings. The minimum absolute atomic E-state index is 0.141. The van der Waals surface area contributed by atoms with Crippen molar-refractivity contribution in [1.29, 1.82) is 0 Å². The van der Waals surface area contributed by atoms with Crippen LogP contribution in [-0.2, 0) is 6.42 Å². The van der Waals surface area contributed by atoms with Crippen molar-refractivity contribution in [1.82, 2.24) is 4.90 Å². The number of nitrogens with two attached hydrogens (primary N) is 1. The lowest BCUT2D eigenvalue weighted by Crippen LogP contribution is -2.37. The normalized spacial score (nSPS) is 18.9. The van der Waals surface area contributed by atoms with Crippen molar-refractivity contribution in [3.63, 3.8) is 0 Å². The van der Waals surface area contributed by atoms with Crippen LogP contribution >= 0.6 is 11.3 Å². The molecule has 17 heavy (non-hydrogen) atoms. The zero-order chi connectivity index (χ0) is 12.7. The molecule has 1 aromatic heterocycles. The highest BCUT2D eigenvalue weighted by Crippen LogP contribution is 2.40. The number of carboxylic acid groups (broad SMARTS) is 2. The van der Waals surface area contributed by atoms with E-state index in [2.05, 4.69) is 0 Å². The van der Waals surface area contributed by atoms with E-state index in [0.717, 1.165) is 4.88 Å². The van der Waals surface area contributed by atoms with Gasteiger partial charge in [0, 0.05) is 11.4 Å². The molecule has 0 fully saturated rings. The maximum Gasteiger partial charge on any atom is 0.407 e. The summed E-state index contributed by atoms with van der Waals surface area (Å²) in [6.07, 6.45) is -0.589. The van der Waals surface area contributed by atoms with E-state index in [4.69, 9.17) is 15.9 Å². The van der Waals surface area contributed by atoms with Gasteiger partial charge in [0.25, 0.3) is 0 Å². The summed E-state index contributed by atoms with van der Waals surface area (Å²) in [6, 6.07) is -0.336. The third kappa shape index (κ3) is 1.72. The lowest BCUT2D eigenvalue weighted by atomic mass is 9.99. The predicted molar refractivity (Wildman–Crippen MR) is 62.5 cm³/mol. The van der Waals surface area contributed by atoms with E-state index in [-0.39, 0.29) is 16.6 Å². The van der Waals surface area contributed by atoms with Gasteiger partial charge in [-0.05, 0) is 18.9 Å². The van der Waals surface area contributed by atoms with Crippen LogP contribution in [-0.4, -0.2) is 33.7 Å². The first-order valence-electron chi connectivity index (χ1n) is 5.07. The highest BCUT2D eigenvalue weighted by atomic mass is 32.1. The van der Waals surface area contributed by atoms with Gasteiger partial charge in [-0.15, -0.1) is 11.3 Å². The molecule has 0 saturated carbocycles. The minimum atomic E-state index is -1.05. The molecule has 1 unspecified atom stereocenters. The Labute approximate surface area is 101 Å². The second kappa shape index (κ2) is 3.92. The largest absolute Gasteiger partial charge is 0.478 e. The molecule has 2 heterocycles. The van der Waals surface area contributed by atoms with Crippen LogP contribution in [0.25, 0.3) is 0 Å². The summed E-state index contributed by atoms with van der Waals surface area (Å²) >= 11 is 1.17. The molecule has 1 aliphatic heterocycles. The SMILES string of the molecule is CC1c2sc(N)c(C(=O)O)c2CCN1C(=O)O. The summed E-state index contributed by atoms with van der Waals surface area (Å²) in [5.74, 6) is -1.05. The summed E-state index contributed by atoms with van der Waals surface area (Å²) in [4.78, 5) is 24.1. The van der Waals surface area contributed by atoms with Crippen molar-refractivity contribution >= 4 is 28.4 Å². The summed E-state index contributed by atoms with van der Waals surface area (Å²) in [7, 11) is 0. The van der Waals surface area contributed by atoms with Crippen molar-refractivity contribution in [3.05, 3.63) is 16.0 Å².